The van der Waals surface area contributed by atoms with Gasteiger partial charge in [0, 0.05) is 0 Å². The summed E-state index contributed by atoms with van der Waals surface area (Å²) >= 11 is 0. The summed E-state index contributed by atoms with van der Waals surface area (Å²) in [5.41, 5.74) is 10.2. The maximum Gasteiger partial charge on any atom is -0.00201 e. The van der Waals surface area contributed by atoms with Gasteiger partial charge in [0.15, 0.2) is 0 Å². The molecule has 12 rings (SSSR count). The van der Waals surface area contributed by atoms with Gasteiger partial charge in [0.1, 0.15) is 0 Å². The van der Waals surface area contributed by atoms with Gasteiger partial charge in [-0.1, -0.05) is 206 Å². The molecule has 0 fully saturated rings. The fourth-order valence-corrected chi connectivity index (χ4v) is 9.90. The molecule has 268 valence electrons. The Morgan fingerprint density at radius 2 is 0.448 bits per heavy atom. The van der Waals surface area contributed by atoms with Crippen molar-refractivity contribution in [3.8, 4) is 44.5 Å². The normalized spacial score (nSPS) is 11.8. The van der Waals surface area contributed by atoms with Crippen molar-refractivity contribution in [2.24, 2.45) is 0 Å². The second-order valence-electron chi connectivity index (χ2n) is 15.5. The lowest BCUT2D eigenvalue weighted by Crippen LogP contribution is -1.92. The first-order chi connectivity index (χ1) is 28.8. The lowest BCUT2D eigenvalue weighted by molar-refractivity contribution is 1.67. The van der Waals surface area contributed by atoms with Crippen LogP contribution in [-0.4, -0.2) is 0 Å². The lowest BCUT2D eigenvalue weighted by Gasteiger charge is -2.20. The van der Waals surface area contributed by atoms with Gasteiger partial charge in [-0.2, -0.15) is 0 Å². The van der Waals surface area contributed by atoms with Crippen LogP contribution in [0.5, 0.6) is 0 Å². The van der Waals surface area contributed by atoms with Crippen LogP contribution in [0, 0.1) is 0 Å². The van der Waals surface area contributed by atoms with Crippen LogP contribution in [-0.2, 0) is 0 Å². The topological polar surface area (TPSA) is 0 Å². The molecule has 0 aliphatic heterocycles. The van der Waals surface area contributed by atoms with E-state index < -0.39 is 0 Å². The average Bonchev–Trinajstić information content (AvgIpc) is 3.29. The highest BCUT2D eigenvalue weighted by Crippen LogP contribution is 2.48. The van der Waals surface area contributed by atoms with E-state index >= 15 is 0 Å². The third-order valence-corrected chi connectivity index (χ3v) is 12.4. The summed E-state index contributed by atoms with van der Waals surface area (Å²) in [5.74, 6) is 0. The Balaban J connectivity index is 1.06. The van der Waals surface area contributed by atoms with Crippen LogP contribution in [0.3, 0.4) is 0 Å². The molecule has 0 aromatic heterocycles. The lowest BCUT2D eigenvalue weighted by atomic mass is 9.83. The van der Waals surface area contributed by atoms with Gasteiger partial charge in [0.05, 0.1) is 0 Å². The van der Waals surface area contributed by atoms with Gasteiger partial charge >= 0.3 is 0 Å². The third-order valence-electron chi connectivity index (χ3n) is 12.4. The molecule has 58 heavy (non-hydrogen) atoms. The van der Waals surface area contributed by atoms with Crippen molar-refractivity contribution in [3.63, 3.8) is 0 Å². The fraction of sp³-hybridized carbons (Fsp3) is 0. The molecule has 0 saturated carbocycles. The Kier molecular flexibility index (Phi) is 7.33. The highest BCUT2D eigenvalue weighted by molar-refractivity contribution is 6.25. The molecule has 0 heteroatoms. The fourth-order valence-electron chi connectivity index (χ4n) is 9.90. The maximum absolute atomic E-state index is 2.39. The van der Waals surface area contributed by atoms with E-state index in [0.717, 1.165) is 0 Å². The number of rotatable bonds is 4. The molecular weight excluding hydrogens is 697 g/mol. The van der Waals surface area contributed by atoms with Crippen LogP contribution in [0.25, 0.3) is 120 Å². The zero-order chi connectivity index (χ0) is 38.2. The predicted octanol–water partition coefficient (Wildman–Crippen LogP) is 16.4. The minimum absolute atomic E-state index is 1.23. The Morgan fingerprint density at radius 1 is 0.172 bits per heavy atom. The predicted molar refractivity (Wildman–Crippen MR) is 251 cm³/mol. The second-order valence-corrected chi connectivity index (χ2v) is 15.5. The molecular formula is C58H36. The van der Waals surface area contributed by atoms with Crippen molar-refractivity contribution >= 4 is 75.4 Å². The Bertz CT molecular complexity index is 3260. The van der Waals surface area contributed by atoms with Gasteiger partial charge in [-0.15, -0.1) is 0 Å². The molecule has 0 saturated heterocycles. The smallest absolute Gasteiger partial charge is 0.00201 e. The molecule has 0 nitrogen and oxygen atoms in total. The highest BCUT2D eigenvalue weighted by atomic mass is 14.2. The van der Waals surface area contributed by atoms with Crippen LogP contribution in [0.1, 0.15) is 0 Å². The van der Waals surface area contributed by atoms with Crippen LogP contribution < -0.4 is 0 Å². The van der Waals surface area contributed by atoms with Gasteiger partial charge in [0.25, 0.3) is 0 Å². The van der Waals surface area contributed by atoms with E-state index in [1.165, 1.54) is 120 Å². The standard InChI is InChI=1S/C58H36/c1-3-19-43-37(15-1)17-13-29-45(43)57-51-25-9-5-21-47(51)55(48-22-6-10-26-52(48)57)41-33-31-40-36-42(34-32-39(40)35-41)56-49-23-7-11-27-53(49)58(54-28-12-8-24-50(54)56)46-30-14-18-38-16-2-4-20-44(38)46/h1-36H. The average molecular weight is 733 g/mol. The van der Waals surface area contributed by atoms with Gasteiger partial charge in [0.2, 0.25) is 0 Å². The van der Waals surface area contributed by atoms with E-state index in [-0.39, 0.29) is 0 Å². The molecule has 12 aromatic carbocycles. The van der Waals surface area contributed by atoms with Gasteiger partial charge in [-0.3, -0.25) is 0 Å². The Hall–Kier alpha value is -7.54. The molecule has 0 N–H and O–H groups in total. The van der Waals surface area contributed by atoms with Crippen LogP contribution in [0.2, 0.25) is 0 Å². The van der Waals surface area contributed by atoms with Gasteiger partial charge in [-0.05, 0) is 132 Å². The second kappa shape index (κ2) is 13.0. The number of benzene rings is 12. The monoisotopic (exact) mass is 732 g/mol. The molecule has 0 amide bonds. The molecule has 0 atom stereocenters. The SMILES string of the molecule is c1ccc2c(-c3c4ccccc4c(-c4ccc5cc(-c6c7ccccc7c(-c7cccc8ccccc78)c7ccccc67)ccc5c4)c4ccccc34)cccc2c1. The minimum atomic E-state index is 1.23. The van der Waals surface area contributed by atoms with Gasteiger partial charge in [-0.25, -0.2) is 0 Å². The van der Waals surface area contributed by atoms with Gasteiger partial charge < -0.3 is 0 Å². The number of hydrogen-bond acceptors (Lipinski definition) is 0. The van der Waals surface area contributed by atoms with Crippen LogP contribution >= 0.6 is 0 Å². The van der Waals surface area contributed by atoms with Crippen molar-refractivity contribution in [3.05, 3.63) is 218 Å². The first-order valence-corrected chi connectivity index (χ1v) is 20.2. The maximum atomic E-state index is 2.39. The molecule has 0 heterocycles. The van der Waals surface area contributed by atoms with E-state index in [0.29, 0.717) is 0 Å². The molecule has 0 radical (unpaired) electrons. The highest BCUT2D eigenvalue weighted by Gasteiger charge is 2.20. The molecule has 0 aliphatic rings. The zero-order valence-corrected chi connectivity index (χ0v) is 31.8. The summed E-state index contributed by atoms with van der Waals surface area (Å²) in [5, 5.41) is 17.7. The first kappa shape index (κ1) is 32.7. The summed E-state index contributed by atoms with van der Waals surface area (Å²) < 4.78 is 0. The number of fused-ring (bicyclic) bond motifs is 7. The largest absolute Gasteiger partial charge is 0.0616 e. The van der Waals surface area contributed by atoms with Crippen LogP contribution in [0.4, 0.5) is 0 Å². The third kappa shape index (κ3) is 4.95. The van der Waals surface area contributed by atoms with Crippen molar-refractivity contribution in [2.75, 3.05) is 0 Å². The number of hydrogen-bond donors (Lipinski definition) is 0. The summed E-state index contributed by atoms with van der Waals surface area (Å²) in [7, 11) is 0. The quantitative estimate of drug-likeness (QED) is 0.158. The minimum Gasteiger partial charge on any atom is -0.0616 e. The van der Waals surface area contributed by atoms with E-state index in [2.05, 4.69) is 218 Å². The van der Waals surface area contributed by atoms with Crippen molar-refractivity contribution < 1.29 is 0 Å². The van der Waals surface area contributed by atoms with E-state index in [4.69, 9.17) is 0 Å². The first-order valence-electron chi connectivity index (χ1n) is 20.2. The summed E-state index contributed by atoms with van der Waals surface area (Å²) in [4.78, 5) is 0. The molecule has 12 aromatic rings. The summed E-state index contributed by atoms with van der Waals surface area (Å²) in [6.07, 6.45) is 0. The molecule has 0 spiro atoms. The molecule has 0 unspecified atom stereocenters. The Labute approximate surface area is 336 Å². The summed E-state index contributed by atoms with van der Waals surface area (Å²) in [6.45, 7) is 0. The van der Waals surface area contributed by atoms with Crippen LogP contribution in [0.15, 0.2) is 218 Å². The Morgan fingerprint density at radius 3 is 0.793 bits per heavy atom. The molecule has 0 aliphatic carbocycles. The van der Waals surface area contributed by atoms with E-state index in [9.17, 15) is 0 Å². The van der Waals surface area contributed by atoms with Crippen molar-refractivity contribution in [2.45, 2.75) is 0 Å². The van der Waals surface area contributed by atoms with Crippen molar-refractivity contribution in [1.29, 1.82) is 0 Å². The van der Waals surface area contributed by atoms with E-state index in [1.807, 2.05) is 0 Å². The van der Waals surface area contributed by atoms with E-state index in [1.54, 1.807) is 0 Å². The van der Waals surface area contributed by atoms with Crippen molar-refractivity contribution in [1.82, 2.24) is 0 Å². The molecule has 0 bridgehead atoms. The zero-order valence-electron chi connectivity index (χ0n) is 31.8. The summed E-state index contributed by atoms with van der Waals surface area (Å²) in [6, 6.07) is 80.8.